The molecule has 4 rings (SSSR count). The first-order chi connectivity index (χ1) is 14.5. The quantitative estimate of drug-likeness (QED) is 0.434. The number of carbonyl (C=O) groups is 1. The third-order valence-corrected chi connectivity index (χ3v) is 5.05. The molecule has 1 aliphatic heterocycles. The summed E-state index contributed by atoms with van der Waals surface area (Å²) in [6, 6.07) is 15.2. The Morgan fingerprint density at radius 3 is 2.50 bits per heavy atom. The van der Waals surface area contributed by atoms with Crippen LogP contribution in [0.1, 0.15) is 29.5 Å². The molecule has 3 aromatic rings. The summed E-state index contributed by atoms with van der Waals surface area (Å²) in [5.74, 6) is -1.85. The molecular weight excluding hydrogens is 405 g/mol. The second-order valence-corrected chi connectivity index (χ2v) is 7.06. The van der Waals surface area contributed by atoms with Gasteiger partial charge < -0.3 is 15.0 Å². The van der Waals surface area contributed by atoms with Gasteiger partial charge in [0.2, 0.25) is 0 Å². The van der Waals surface area contributed by atoms with Crippen molar-refractivity contribution in [3.8, 4) is 0 Å². The number of nitrogens with one attached hydrogen (secondary N) is 3. The molecular formula is C22H18FN3O3S. The van der Waals surface area contributed by atoms with Crippen LogP contribution in [-0.2, 0) is 9.53 Å². The van der Waals surface area contributed by atoms with E-state index in [2.05, 4.69) is 15.3 Å². The zero-order valence-corrected chi connectivity index (χ0v) is 16.8. The normalized spacial score (nSPS) is 15.3. The van der Waals surface area contributed by atoms with Crippen molar-refractivity contribution in [3.05, 3.63) is 97.8 Å². The number of anilines is 1. The Labute approximate surface area is 176 Å². The Kier molecular flexibility index (Phi) is 5.33. The molecule has 0 spiro atoms. The van der Waals surface area contributed by atoms with Crippen molar-refractivity contribution < 1.29 is 13.9 Å². The number of benzene rings is 2. The number of esters is 1. The summed E-state index contributed by atoms with van der Waals surface area (Å²) in [7, 11) is 0. The summed E-state index contributed by atoms with van der Waals surface area (Å²) in [6.07, 6.45) is 0. The molecule has 1 aliphatic rings. The Morgan fingerprint density at radius 1 is 1.10 bits per heavy atom. The molecule has 0 fully saturated rings. The first-order valence-electron chi connectivity index (χ1n) is 9.36. The molecule has 30 heavy (non-hydrogen) atoms. The predicted octanol–water partition coefficient (Wildman–Crippen LogP) is 4.10. The van der Waals surface area contributed by atoms with Crippen LogP contribution in [0.2, 0.25) is 0 Å². The lowest BCUT2D eigenvalue weighted by Crippen LogP contribution is -2.31. The van der Waals surface area contributed by atoms with Crippen LogP contribution in [0.5, 0.6) is 0 Å². The SMILES string of the molecule is CCOC(=O)C1=C(c2ccccc2)Nc2[nH]c(=S)[nH]c(=O)c2C1c1ccccc1F. The molecule has 2 aromatic carbocycles. The smallest absolute Gasteiger partial charge is 0.337 e. The maximum atomic E-state index is 14.9. The maximum Gasteiger partial charge on any atom is 0.337 e. The van der Waals surface area contributed by atoms with Crippen LogP contribution in [0.25, 0.3) is 5.70 Å². The highest BCUT2D eigenvalue weighted by Gasteiger charge is 2.38. The standard InChI is InChI=1S/C22H18FN3O3S/c1-2-29-21(28)16-15(13-10-6-7-11-14(13)23)17-19(25-22(30)26-20(17)27)24-18(16)12-8-4-3-5-9-12/h3-11,15H,2H2,1H3,(H3,24,25,26,27,30). The lowest BCUT2D eigenvalue weighted by molar-refractivity contribution is -0.138. The Morgan fingerprint density at radius 2 is 1.80 bits per heavy atom. The second-order valence-electron chi connectivity index (χ2n) is 6.65. The molecule has 0 radical (unpaired) electrons. The van der Waals surface area contributed by atoms with Gasteiger partial charge in [0.15, 0.2) is 4.77 Å². The average Bonchev–Trinajstić information content (AvgIpc) is 2.73. The summed E-state index contributed by atoms with van der Waals surface area (Å²) in [5, 5.41) is 3.12. The Balaban J connectivity index is 2.09. The van der Waals surface area contributed by atoms with Crippen LogP contribution in [0.3, 0.4) is 0 Å². The molecule has 0 amide bonds. The van der Waals surface area contributed by atoms with Crippen molar-refractivity contribution in [2.45, 2.75) is 12.8 Å². The van der Waals surface area contributed by atoms with Gasteiger partial charge in [0.25, 0.3) is 5.56 Å². The zero-order chi connectivity index (χ0) is 21.3. The minimum Gasteiger partial charge on any atom is -0.463 e. The van der Waals surface area contributed by atoms with E-state index in [-0.39, 0.29) is 28.1 Å². The summed E-state index contributed by atoms with van der Waals surface area (Å²) in [6.45, 7) is 1.82. The van der Waals surface area contributed by atoms with E-state index < -0.39 is 23.3 Å². The number of H-pyrrole nitrogens is 2. The van der Waals surface area contributed by atoms with Crippen molar-refractivity contribution in [2.24, 2.45) is 0 Å². The fourth-order valence-electron chi connectivity index (χ4n) is 3.63. The summed E-state index contributed by atoms with van der Waals surface area (Å²) in [4.78, 5) is 31.4. The summed E-state index contributed by atoms with van der Waals surface area (Å²) >= 11 is 5.11. The van der Waals surface area contributed by atoms with Gasteiger partial charge in [0.1, 0.15) is 11.6 Å². The average molecular weight is 423 g/mol. The number of aromatic nitrogens is 2. The third kappa shape index (κ3) is 3.46. The number of halogens is 1. The van der Waals surface area contributed by atoms with E-state index in [4.69, 9.17) is 17.0 Å². The largest absolute Gasteiger partial charge is 0.463 e. The topological polar surface area (TPSA) is 87.0 Å². The first-order valence-corrected chi connectivity index (χ1v) is 9.76. The van der Waals surface area contributed by atoms with Gasteiger partial charge in [-0.1, -0.05) is 48.5 Å². The van der Waals surface area contributed by atoms with Gasteiger partial charge in [-0.2, -0.15) is 0 Å². The molecule has 0 bridgehead atoms. The lowest BCUT2D eigenvalue weighted by Gasteiger charge is -2.30. The molecule has 6 nitrogen and oxygen atoms in total. The summed E-state index contributed by atoms with van der Waals surface area (Å²) in [5.41, 5.74) is 1.10. The lowest BCUT2D eigenvalue weighted by atomic mass is 9.80. The van der Waals surface area contributed by atoms with Crippen LogP contribution >= 0.6 is 12.2 Å². The highest BCUT2D eigenvalue weighted by molar-refractivity contribution is 7.71. The molecule has 1 unspecified atom stereocenters. The van der Waals surface area contributed by atoms with Crippen LogP contribution in [0, 0.1) is 10.6 Å². The van der Waals surface area contributed by atoms with Crippen molar-refractivity contribution in [1.82, 2.24) is 9.97 Å². The molecule has 1 aromatic heterocycles. The van der Waals surface area contributed by atoms with E-state index in [0.717, 1.165) is 0 Å². The molecule has 0 saturated heterocycles. The van der Waals surface area contributed by atoms with E-state index in [1.807, 2.05) is 30.3 Å². The highest BCUT2D eigenvalue weighted by atomic mass is 32.1. The molecule has 0 aliphatic carbocycles. The number of carbonyl (C=O) groups excluding carboxylic acids is 1. The second kappa shape index (κ2) is 8.08. The monoisotopic (exact) mass is 423 g/mol. The van der Waals surface area contributed by atoms with Gasteiger partial charge in [-0.25, -0.2) is 9.18 Å². The maximum absolute atomic E-state index is 14.9. The van der Waals surface area contributed by atoms with Gasteiger partial charge in [0, 0.05) is 5.56 Å². The van der Waals surface area contributed by atoms with E-state index >= 15 is 0 Å². The molecule has 8 heteroatoms. The highest BCUT2D eigenvalue weighted by Crippen LogP contribution is 2.43. The van der Waals surface area contributed by atoms with Crippen molar-refractivity contribution in [1.29, 1.82) is 0 Å². The number of hydrogen-bond donors (Lipinski definition) is 3. The number of aromatic amines is 2. The van der Waals surface area contributed by atoms with Crippen molar-refractivity contribution in [2.75, 3.05) is 11.9 Å². The van der Waals surface area contributed by atoms with Gasteiger partial charge in [-0.05, 0) is 30.8 Å². The number of hydrogen-bond acceptors (Lipinski definition) is 5. The fraction of sp³-hybridized carbons (Fsp3) is 0.136. The number of ether oxygens (including phenoxy) is 1. The van der Waals surface area contributed by atoms with Gasteiger partial charge in [-0.3, -0.25) is 9.78 Å². The minimum absolute atomic E-state index is 0.116. The van der Waals surface area contributed by atoms with Crippen LogP contribution in [-0.4, -0.2) is 22.5 Å². The number of rotatable bonds is 4. The van der Waals surface area contributed by atoms with E-state index in [1.165, 1.54) is 6.07 Å². The van der Waals surface area contributed by atoms with Crippen molar-refractivity contribution >= 4 is 29.7 Å². The van der Waals surface area contributed by atoms with Crippen molar-refractivity contribution in [3.63, 3.8) is 0 Å². The summed E-state index contributed by atoms with van der Waals surface area (Å²) < 4.78 is 20.3. The minimum atomic E-state index is -0.993. The molecule has 1 atom stereocenters. The molecule has 152 valence electrons. The zero-order valence-electron chi connectivity index (χ0n) is 16.0. The molecule has 3 N–H and O–H groups in total. The van der Waals surface area contributed by atoms with E-state index in [1.54, 1.807) is 25.1 Å². The van der Waals surface area contributed by atoms with Gasteiger partial charge in [0.05, 0.1) is 29.4 Å². The van der Waals surface area contributed by atoms with E-state index in [9.17, 15) is 14.0 Å². The molecule has 2 heterocycles. The molecule has 0 saturated carbocycles. The van der Waals surface area contributed by atoms with Crippen LogP contribution in [0.4, 0.5) is 10.2 Å². The van der Waals surface area contributed by atoms with Gasteiger partial charge >= 0.3 is 5.97 Å². The predicted molar refractivity (Wildman–Crippen MR) is 114 cm³/mol. The third-order valence-electron chi connectivity index (χ3n) is 4.85. The Hall–Kier alpha value is -3.52. The van der Waals surface area contributed by atoms with Gasteiger partial charge in [-0.15, -0.1) is 0 Å². The Bertz CT molecular complexity index is 1260. The van der Waals surface area contributed by atoms with E-state index in [0.29, 0.717) is 17.1 Å². The van der Waals surface area contributed by atoms with Crippen LogP contribution in [0.15, 0.2) is 65.0 Å². The number of fused-ring (bicyclic) bond motifs is 1. The van der Waals surface area contributed by atoms with Crippen LogP contribution < -0.4 is 10.9 Å². The fourth-order valence-corrected chi connectivity index (χ4v) is 3.83. The first kappa shape index (κ1) is 19.8.